The van der Waals surface area contributed by atoms with Gasteiger partial charge >= 0.3 is 15.5 Å². The molecule has 8 heteroatoms. The summed E-state index contributed by atoms with van der Waals surface area (Å²) in [5, 5.41) is 0. The molecule has 0 aromatic carbocycles. The van der Waals surface area contributed by atoms with Gasteiger partial charge in [-0.25, -0.2) is 4.11 Å². The van der Waals surface area contributed by atoms with Crippen LogP contribution >= 0.6 is 0 Å². The zero-order chi connectivity index (χ0) is 9.12. The normalized spacial score (nSPS) is 13.6. The minimum atomic E-state index is -5.08. The van der Waals surface area contributed by atoms with E-state index in [1.807, 2.05) is 0 Å². The number of halogens is 4. The standard InChI is InChI=1S/C3H6F4O3Si/c1-8-11(7,9-2)10-3(4,5)6/h1-2H3. The maximum absolute atomic E-state index is 12.5. The lowest BCUT2D eigenvalue weighted by molar-refractivity contribution is -0.301. The first kappa shape index (κ1) is 10.8. The molecule has 0 spiro atoms. The molecule has 0 bridgehead atoms. The fourth-order valence-corrected chi connectivity index (χ4v) is 0.915. The van der Waals surface area contributed by atoms with Crippen molar-refractivity contribution in [2.45, 2.75) is 6.36 Å². The van der Waals surface area contributed by atoms with Crippen LogP contribution in [0.2, 0.25) is 0 Å². The van der Waals surface area contributed by atoms with Gasteiger partial charge in [-0.1, -0.05) is 0 Å². The van der Waals surface area contributed by atoms with Gasteiger partial charge in [0.15, 0.2) is 0 Å². The molecule has 0 fully saturated rings. The quantitative estimate of drug-likeness (QED) is 0.384. The van der Waals surface area contributed by atoms with Crippen LogP contribution in [0.4, 0.5) is 17.3 Å². The van der Waals surface area contributed by atoms with E-state index in [0.29, 0.717) is 0 Å². The van der Waals surface area contributed by atoms with E-state index >= 15 is 0 Å². The molecule has 11 heavy (non-hydrogen) atoms. The van der Waals surface area contributed by atoms with E-state index in [0.717, 1.165) is 14.2 Å². The molecular weight excluding hydrogens is 188 g/mol. The summed E-state index contributed by atoms with van der Waals surface area (Å²) in [5.74, 6) is 0. The van der Waals surface area contributed by atoms with Gasteiger partial charge in [-0.05, 0) is 0 Å². The highest BCUT2D eigenvalue weighted by Gasteiger charge is 2.52. The molecule has 0 aliphatic heterocycles. The molecule has 0 aromatic heterocycles. The van der Waals surface area contributed by atoms with E-state index < -0.39 is 15.5 Å². The lowest BCUT2D eigenvalue weighted by atomic mass is 11.4. The lowest BCUT2D eigenvalue weighted by Crippen LogP contribution is -2.43. The largest absolute Gasteiger partial charge is 0.726 e. The Hall–Kier alpha value is -0.183. The van der Waals surface area contributed by atoms with E-state index in [-0.39, 0.29) is 0 Å². The van der Waals surface area contributed by atoms with Crippen LogP contribution < -0.4 is 0 Å². The first-order valence-corrected chi connectivity index (χ1v) is 3.99. The van der Waals surface area contributed by atoms with Gasteiger partial charge in [0.2, 0.25) is 0 Å². The molecule has 0 rings (SSSR count). The van der Waals surface area contributed by atoms with Gasteiger partial charge in [0.25, 0.3) is 0 Å². The third-order valence-corrected chi connectivity index (χ3v) is 2.18. The van der Waals surface area contributed by atoms with Gasteiger partial charge in [0, 0.05) is 14.2 Å². The summed E-state index contributed by atoms with van der Waals surface area (Å²) >= 11 is 0. The van der Waals surface area contributed by atoms with Crippen molar-refractivity contribution in [1.82, 2.24) is 0 Å². The predicted octanol–water partition coefficient (Wildman–Crippen LogP) is 1.22. The van der Waals surface area contributed by atoms with Crippen LogP contribution in [-0.4, -0.2) is 29.7 Å². The lowest BCUT2D eigenvalue weighted by Gasteiger charge is -2.17. The van der Waals surface area contributed by atoms with Gasteiger partial charge < -0.3 is 8.85 Å². The molecule has 0 N–H and O–H groups in total. The molecular formula is C3H6F4O3Si. The Morgan fingerprint density at radius 2 is 1.45 bits per heavy atom. The molecule has 3 nitrogen and oxygen atoms in total. The molecule has 0 saturated carbocycles. The summed E-state index contributed by atoms with van der Waals surface area (Å²) in [6.07, 6.45) is -5.08. The minimum absolute atomic E-state index is 0.738. The highest BCUT2D eigenvalue weighted by Crippen LogP contribution is 2.23. The van der Waals surface area contributed by atoms with Crippen molar-refractivity contribution in [2.24, 2.45) is 0 Å². The first-order chi connectivity index (χ1) is 4.83. The second-order valence-electron chi connectivity index (χ2n) is 1.44. The molecule has 68 valence electrons. The van der Waals surface area contributed by atoms with Gasteiger partial charge in [-0.15, -0.1) is 13.2 Å². The number of alkyl halides is 3. The van der Waals surface area contributed by atoms with Crippen LogP contribution in [0.15, 0.2) is 0 Å². The summed E-state index contributed by atoms with van der Waals surface area (Å²) in [6, 6.07) is 0. The molecule has 0 aliphatic rings. The van der Waals surface area contributed by atoms with Crippen LogP contribution in [0.25, 0.3) is 0 Å². The highest BCUT2D eigenvalue weighted by molar-refractivity contribution is 6.52. The predicted molar refractivity (Wildman–Crippen MR) is 28.0 cm³/mol. The summed E-state index contributed by atoms with van der Waals surface area (Å²) in [4.78, 5) is 0. The van der Waals surface area contributed by atoms with Gasteiger partial charge in [-0.2, -0.15) is 0 Å². The Labute approximate surface area is 61.4 Å². The van der Waals surface area contributed by atoms with E-state index in [9.17, 15) is 17.3 Å². The average Bonchev–Trinajstić information content (AvgIpc) is 1.84. The van der Waals surface area contributed by atoms with E-state index in [1.54, 1.807) is 0 Å². The maximum atomic E-state index is 12.5. The van der Waals surface area contributed by atoms with Crippen molar-refractivity contribution in [1.29, 1.82) is 0 Å². The van der Waals surface area contributed by atoms with Crippen molar-refractivity contribution in [3.05, 3.63) is 0 Å². The van der Waals surface area contributed by atoms with Crippen molar-refractivity contribution in [2.75, 3.05) is 14.2 Å². The molecule has 0 radical (unpaired) electrons. The molecule has 0 amide bonds. The third kappa shape index (κ3) is 4.30. The zero-order valence-electron chi connectivity index (χ0n) is 5.74. The summed E-state index contributed by atoms with van der Waals surface area (Å²) in [7, 11) is -3.48. The molecule has 0 heterocycles. The van der Waals surface area contributed by atoms with Crippen LogP contribution in [-0.2, 0) is 13.3 Å². The maximum Gasteiger partial charge on any atom is 0.726 e. The van der Waals surface area contributed by atoms with Gasteiger partial charge in [0.1, 0.15) is 0 Å². The Kier molecular flexibility index (Phi) is 3.42. The average molecular weight is 194 g/mol. The summed E-state index contributed by atoms with van der Waals surface area (Å²) < 4.78 is 57.0. The number of hydrogen-bond acceptors (Lipinski definition) is 3. The minimum Gasteiger partial charge on any atom is -0.351 e. The van der Waals surface area contributed by atoms with E-state index in [2.05, 4.69) is 13.3 Å². The smallest absolute Gasteiger partial charge is 0.351 e. The number of hydrogen-bond donors (Lipinski definition) is 0. The topological polar surface area (TPSA) is 27.7 Å². The van der Waals surface area contributed by atoms with Crippen molar-refractivity contribution in [3.63, 3.8) is 0 Å². The first-order valence-electron chi connectivity index (χ1n) is 2.39. The van der Waals surface area contributed by atoms with Gasteiger partial charge in [-0.3, -0.25) is 4.43 Å². The van der Waals surface area contributed by atoms with Crippen molar-refractivity contribution < 1.29 is 30.6 Å². The molecule has 0 unspecified atom stereocenters. The second kappa shape index (κ2) is 3.48. The second-order valence-corrected chi connectivity index (χ2v) is 3.42. The Morgan fingerprint density at radius 1 is 1.09 bits per heavy atom. The SMILES string of the molecule is CO[Si](F)(OC)OC(F)(F)F. The zero-order valence-corrected chi connectivity index (χ0v) is 6.74. The van der Waals surface area contributed by atoms with Crippen LogP contribution in [0.5, 0.6) is 0 Å². The Balaban J connectivity index is 4.08. The van der Waals surface area contributed by atoms with Crippen molar-refractivity contribution >= 4 is 9.14 Å². The van der Waals surface area contributed by atoms with Crippen molar-refractivity contribution in [3.8, 4) is 0 Å². The van der Waals surface area contributed by atoms with E-state index in [1.165, 1.54) is 0 Å². The van der Waals surface area contributed by atoms with Gasteiger partial charge in [0.05, 0.1) is 0 Å². The monoisotopic (exact) mass is 194 g/mol. The van der Waals surface area contributed by atoms with Crippen LogP contribution in [0, 0.1) is 0 Å². The summed E-state index contributed by atoms with van der Waals surface area (Å²) in [5.41, 5.74) is 0. The third-order valence-electron chi connectivity index (χ3n) is 0.725. The fraction of sp³-hybridized carbons (Fsp3) is 1.00. The molecule has 0 saturated heterocycles. The van der Waals surface area contributed by atoms with Crippen LogP contribution in [0.1, 0.15) is 0 Å². The molecule has 0 atom stereocenters. The van der Waals surface area contributed by atoms with Crippen LogP contribution in [0.3, 0.4) is 0 Å². The number of rotatable bonds is 3. The fourth-order valence-electron chi connectivity index (χ4n) is 0.305. The summed E-state index contributed by atoms with van der Waals surface area (Å²) in [6.45, 7) is 0. The van der Waals surface area contributed by atoms with E-state index in [4.69, 9.17) is 0 Å². The Bertz CT molecular complexity index is 122. The molecule has 0 aliphatic carbocycles. The Morgan fingerprint density at radius 3 is 1.55 bits per heavy atom. The molecule has 0 aromatic rings. The highest BCUT2D eigenvalue weighted by atomic mass is 28.4.